The van der Waals surface area contributed by atoms with Gasteiger partial charge in [0.15, 0.2) is 0 Å². The molecular formula is C9H14BrN3O2S. The fourth-order valence-corrected chi connectivity index (χ4v) is 2.33. The molecule has 0 spiro atoms. The van der Waals surface area contributed by atoms with Crippen LogP contribution in [0.25, 0.3) is 0 Å². The molecule has 0 fully saturated rings. The van der Waals surface area contributed by atoms with Gasteiger partial charge in [-0.2, -0.15) is 17.4 Å². The van der Waals surface area contributed by atoms with Gasteiger partial charge in [0.1, 0.15) is 0 Å². The minimum atomic E-state index is -3.38. The van der Waals surface area contributed by atoms with Crippen molar-refractivity contribution in [3.8, 4) is 0 Å². The first-order chi connectivity index (χ1) is 7.45. The Morgan fingerprint density at radius 2 is 2.19 bits per heavy atom. The summed E-state index contributed by atoms with van der Waals surface area (Å²) in [6.45, 7) is 2.45. The molecule has 0 aliphatic rings. The van der Waals surface area contributed by atoms with Gasteiger partial charge in [0, 0.05) is 37.0 Å². The Kier molecular flexibility index (Phi) is 4.85. The third-order valence-corrected chi connectivity index (χ3v) is 4.10. The van der Waals surface area contributed by atoms with Gasteiger partial charge in [-0.3, -0.25) is 4.98 Å². The summed E-state index contributed by atoms with van der Waals surface area (Å²) in [5.74, 6) is 0. The van der Waals surface area contributed by atoms with Crippen LogP contribution < -0.4 is 4.72 Å². The zero-order valence-electron chi connectivity index (χ0n) is 9.14. The molecule has 7 heteroatoms. The Hall–Kier alpha value is -0.500. The topological polar surface area (TPSA) is 62.3 Å². The van der Waals surface area contributed by atoms with Crippen LogP contribution >= 0.6 is 15.9 Å². The molecule has 0 aliphatic carbocycles. The molecule has 0 atom stereocenters. The molecule has 1 rings (SSSR count). The Morgan fingerprint density at radius 1 is 1.50 bits per heavy atom. The zero-order chi connectivity index (χ0) is 12.2. The van der Waals surface area contributed by atoms with E-state index < -0.39 is 10.2 Å². The quantitative estimate of drug-likeness (QED) is 0.887. The molecule has 0 aliphatic heterocycles. The number of halogens is 1. The van der Waals surface area contributed by atoms with Crippen LogP contribution in [0.4, 0.5) is 0 Å². The number of rotatable bonds is 5. The second kappa shape index (κ2) is 5.72. The number of nitrogens with zero attached hydrogens (tertiary/aromatic N) is 2. The predicted molar refractivity (Wildman–Crippen MR) is 66.0 cm³/mol. The maximum absolute atomic E-state index is 11.6. The highest BCUT2D eigenvalue weighted by Gasteiger charge is 2.14. The van der Waals surface area contributed by atoms with Crippen molar-refractivity contribution in [2.24, 2.45) is 0 Å². The predicted octanol–water partition coefficient (Wildman–Crippen LogP) is 1.13. The molecule has 90 valence electrons. The summed E-state index contributed by atoms with van der Waals surface area (Å²) in [6, 6.07) is 1.82. The van der Waals surface area contributed by atoms with Gasteiger partial charge in [0.2, 0.25) is 0 Å². The van der Waals surface area contributed by atoms with E-state index >= 15 is 0 Å². The van der Waals surface area contributed by atoms with Crippen LogP contribution in [-0.4, -0.2) is 31.3 Å². The van der Waals surface area contributed by atoms with Crippen LogP contribution in [0.3, 0.4) is 0 Å². The molecule has 1 N–H and O–H groups in total. The largest absolute Gasteiger partial charge is 0.279 e. The molecule has 0 aromatic carbocycles. The fourth-order valence-electron chi connectivity index (χ4n) is 1.01. The lowest BCUT2D eigenvalue weighted by molar-refractivity contribution is 0.473. The Balaban J connectivity index is 2.65. The minimum Gasteiger partial charge on any atom is -0.263 e. The van der Waals surface area contributed by atoms with Crippen LogP contribution in [0.15, 0.2) is 22.9 Å². The normalized spacial score (nSPS) is 12.0. The van der Waals surface area contributed by atoms with E-state index in [0.717, 1.165) is 10.0 Å². The number of hydrogen-bond acceptors (Lipinski definition) is 3. The third-order valence-electron chi connectivity index (χ3n) is 2.08. The molecule has 5 nitrogen and oxygen atoms in total. The van der Waals surface area contributed by atoms with Crippen molar-refractivity contribution >= 4 is 26.1 Å². The molecule has 0 saturated carbocycles. The Morgan fingerprint density at radius 3 is 2.75 bits per heavy atom. The fraction of sp³-hybridized carbons (Fsp3) is 0.444. The van der Waals surface area contributed by atoms with Gasteiger partial charge in [0.05, 0.1) is 0 Å². The highest BCUT2D eigenvalue weighted by Crippen LogP contribution is 2.09. The standard InChI is InChI=1S/C9H14BrN3O2S/c1-3-13(2)16(14,15)12-6-8-4-9(10)7-11-5-8/h4-5,7,12H,3,6H2,1-2H3. The van der Waals surface area contributed by atoms with E-state index in [1.807, 2.05) is 6.07 Å². The van der Waals surface area contributed by atoms with E-state index in [9.17, 15) is 8.42 Å². The van der Waals surface area contributed by atoms with E-state index in [4.69, 9.17) is 0 Å². The summed E-state index contributed by atoms with van der Waals surface area (Å²) in [7, 11) is -1.85. The van der Waals surface area contributed by atoms with Gasteiger partial charge in [-0.15, -0.1) is 0 Å². The van der Waals surface area contributed by atoms with Crippen LogP contribution in [0.2, 0.25) is 0 Å². The summed E-state index contributed by atoms with van der Waals surface area (Å²) in [5, 5.41) is 0. The second-order valence-electron chi connectivity index (χ2n) is 3.25. The molecule has 1 aromatic rings. The molecule has 1 aromatic heterocycles. The third kappa shape index (κ3) is 3.82. The van der Waals surface area contributed by atoms with Crippen LogP contribution in [0.1, 0.15) is 12.5 Å². The second-order valence-corrected chi connectivity index (χ2v) is 6.03. The summed E-state index contributed by atoms with van der Waals surface area (Å²) in [6.07, 6.45) is 3.27. The van der Waals surface area contributed by atoms with E-state index in [-0.39, 0.29) is 6.54 Å². The van der Waals surface area contributed by atoms with Crippen molar-refractivity contribution in [1.29, 1.82) is 0 Å². The first kappa shape index (κ1) is 13.6. The average Bonchev–Trinajstić information content (AvgIpc) is 2.25. The first-order valence-corrected chi connectivity index (χ1v) is 6.99. The monoisotopic (exact) mass is 307 g/mol. The number of hydrogen-bond donors (Lipinski definition) is 1. The van der Waals surface area contributed by atoms with E-state index in [1.54, 1.807) is 19.3 Å². The smallest absolute Gasteiger partial charge is 0.263 e. The lowest BCUT2D eigenvalue weighted by Crippen LogP contribution is -2.37. The molecule has 0 amide bonds. The van der Waals surface area contributed by atoms with Crippen molar-refractivity contribution in [2.45, 2.75) is 13.5 Å². The maximum atomic E-state index is 11.6. The van der Waals surface area contributed by atoms with Crippen LogP contribution in [0, 0.1) is 0 Å². The summed E-state index contributed by atoms with van der Waals surface area (Å²) in [5.41, 5.74) is 0.808. The van der Waals surface area contributed by atoms with Crippen molar-refractivity contribution < 1.29 is 8.42 Å². The lowest BCUT2D eigenvalue weighted by Gasteiger charge is -2.15. The molecular weight excluding hydrogens is 294 g/mol. The van der Waals surface area contributed by atoms with Crippen molar-refractivity contribution in [3.05, 3.63) is 28.5 Å². The van der Waals surface area contributed by atoms with Gasteiger partial charge in [-0.25, -0.2) is 0 Å². The van der Waals surface area contributed by atoms with Crippen LogP contribution in [-0.2, 0) is 16.8 Å². The van der Waals surface area contributed by atoms with Gasteiger partial charge in [-0.05, 0) is 27.6 Å². The van der Waals surface area contributed by atoms with E-state index in [0.29, 0.717) is 6.54 Å². The Bertz CT molecular complexity index is 450. The molecule has 0 radical (unpaired) electrons. The molecule has 0 saturated heterocycles. The molecule has 16 heavy (non-hydrogen) atoms. The highest BCUT2D eigenvalue weighted by molar-refractivity contribution is 9.10. The summed E-state index contributed by atoms with van der Waals surface area (Å²) >= 11 is 3.28. The molecule has 1 heterocycles. The first-order valence-electron chi connectivity index (χ1n) is 4.76. The van der Waals surface area contributed by atoms with Gasteiger partial charge in [0.25, 0.3) is 10.2 Å². The number of pyridine rings is 1. The van der Waals surface area contributed by atoms with Gasteiger partial charge in [-0.1, -0.05) is 6.92 Å². The van der Waals surface area contributed by atoms with Gasteiger partial charge >= 0.3 is 0 Å². The van der Waals surface area contributed by atoms with Gasteiger partial charge < -0.3 is 0 Å². The van der Waals surface area contributed by atoms with E-state index in [2.05, 4.69) is 25.6 Å². The SMILES string of the molecule is CCN(C)S(=O)(=O)NCc1cncc(Br)c1. The molecule has 0 bridgehead atoms. The molecule has 0 unspecified atom stereocenters. The summed E-state index contributed by atoms with van der Waals surface area (Å²) in [4.78, 5) is 3.95. The van der Waals surface area contributed by atoms with Crippen molar-refractivity contribution in [2.75, 3.05) is 13.6 Å². The summed E-state index contributed by atoms with van der Waals surface area (Å²) < 4.78 is 27.8. The van der Waals surface area contributed by atoms with Crippen molar-refractivity contribution in [3.63, 3.8) is 0 Å². The van der Waals surface area contributed by atoms with Crippen LogP contribution in [0.5, 0.6) is 0 Å². The minimum absolute atomic E-state index is 0.235. The Labute approximate surface area is 104 Å². The average molecular weight is 308 g/mol. The van der Waals surface area contributed by atoms with Crippen molar-refractivity contribution in [1.82, 2.24) is 14.0 Å². The number of aromatic nitrogens is 1. The maximum Gasteiger partial charge on any atom is 0.279 e. The van der Waals surface area contributed by atoms with E-state index in [1.165, 1.54) is 11.4 Å². The highest BCUT2D eigenvalue weighted by atomic mass is 79.9. The number of nitrogens with one attached hydrogen (secondary N) is 1. The zero-order valence-corrected chi connectivity index (χ0v) is 11.5. The lowest BCUT2D eigenvalue weighted by atomic mass is 10.3.